The molecule has 2 N–H and O–H groups in total. The average Bonchev–Trinajstić information content (AvgIpc) is 2.01. The Kier molecular flexibility index (Phi) is 2.42. The number of halogens is 2. The van der Waals surface area contributed by atoms with Crippen molar-refractivity contribution in [1.82, 2.24) is 4.98 Å². The third-order valence-electron chi connectivity index (χ3n) is 1.61. The second-order valence-electron chi connectivity index (χ2n) is 2.51. The van der Waals surface area contributed by atoms with Crippen molar-refractivity contribution in [2.75, 3.05) is 5.73 Å². The highest BCUT2D eigenvalue weighted by atomic mass is 19.3. The minimum Gasteiger partial charge on any atom is -0.384 e. The standard InChI is InChI=1S/C8H7F2N3/c1-4-7(8(9)10)5(3-11)2-6(12)13-4/h2,8H,1H3,(H2,12,13). The fraction of sp³-hybridized carbons (Fsp3) is 0.250. The first-order valence-electron chi connectivity index (χ1n) is 3.51. The van der Waals surface area contributed by atoms with Crippen LogP contribution < -0.4 is 5.73 Å². The van der Waals surface area contributed by atoms with Crippen molar-refractivity contribution in [3.63, 3.8) is 0 Å². The maximum atomic E-state index is 12.4. The maximum absolute atomic E-state index is 12.4. The Hall–Kier alpha value is -1.70. The molecule has 0 radical (unpaired) electrons. The molecule has 68 valence electrons. The van der Waals surface area contributed by atoms with E-state index in [1.807, 2.05) is 0 Å². The lowest BCUT2D eigenvalue weighted by Crippen LogP contribution is -2.01. The molecule has 0 spiro atoms. The number of hydrogen-bond acceptors (Lipinski definition) is 3. The highest BCUT2D eigenvalue weighted by Gasteiger charge is 2.17. The van der Waals surface area contributed by atoms with Crippen molar-refractivity contribution in [3.05, 3.63) is 22.9 Å². The fourth-order valence-corrected chi connectivity index (χ4v) is 1.07. The van der Waals surface area contributed by atoms with Crippen LogP contribution in [-0.4, -0.2) is 4.98 Å². The van der Waals surface area contributed by atoms with Gasteiger partial charge in [0.2, 0.25) is 0 Å². The van der Waals surface area contributed by atoms with Gasteiger partial charge in [-0.2, -0.15) is 5.26 Å². The molecular weight excluding hydrogens is 176 g/mol. The smallest absolute Gasteiger partial charge is 0.266 e. The summed E-state index contributed by atoms with van der Waals surface area (Å²) in [6.07, 6.45) is -2.69. The van der Waals surface area contributed by atoms with Crippen molar-refractivity contribution in [1.29, 1.82) is 5.26 Å². The van der Waals surface area contributed by atoms with Gasteiger partial charge in [-0.25, -0.2) is 13.8 Å². The zero-order valence-electron chi connectivity index (χ0n) is 6.88. The molecule has 0 fully saturated rings. The van der Waals surface area contributed by atoms with Gasteiger partial charge >= 0.3 is 0 Å². The number of nitrogen functional groups attached to an aromatic ring is 1. The van der Waals surface area contributed by atoms with Crippen LogP contribution in [0.25, 0.3) is 0 Å². The number of aryl methyl sites for hydroxylation is 1. The molecule has 0 aliphatic carbocycles. The van der Waals surface area contributed by atoms with Crippen LogP contribution in [0.5, 0.6) is 0 Å². The number of hydrogen-bond donors (Lipinski definition) is 1. The highest BCUT2D eigenvalue weighted by Crippen LogP contribution is 2.25. The summed E-state index contributed by atoms with van der Waals surface area (Å²) in [5, 5.41) is 8.55. The van der Waals surface area contributed by atoms with Gasteiger partial charge in [-0.1, -0.05) is 0 Å². The molecule has 0 unspecified atom stereocenters. The second-order valence-corrected chi connectivity index (χ2v) is 2.51. The van der Waals surface area contributed by atoms with E-state index in [1.165, 1.54) is 6.92 Å². The number of aromatic nitrogens is 1. The number of nitrogens with two attached hydrogens (primary N) is 1. The first-order chi connectivity index (χ1) is 6.06. The van der Waals surface area contributed by atoms with E-state index in [1.54, 1.807) is 6.07 Å². The highest BCUT2D eigenvalue weighted by molar-refractivity contribution is 5.47. The molecule has 5 heteroatoms. The van der Waals surface area contributed by atoms with Crippen LogP contribution in [0.3, 0.4) is 0 Å². The van der Waals surface area contributed by atoms with Gasteiger partial charge in [0.15, 0.2) is 0 Å². The Morgan fingerprint density at radius 2 is 2.23 bits per heavy atom. The first kappa shape index (κ1) is 9.39. The van der Waals surface area contributed by atoms with Crippen LogP contribution >= 0.6 is 0 Å². The number of nitrogens with zero attached hydrogens (tertiary/aromatic N) is 2. The zero-order valence-corrected chi connectivity index (χ0v) is 6.88. The summed E-state index contributed by atoms with van der Waals surface area (Å²) in [5.74, 6) is 0.0819. The Balaban J connectivity index is 3.41. The van der Waals surface area contributed by atoms with Crippen molar-refractivity contribution >= 4 is 5.82 Å². The Morgan fingerprint density at radius 1 is 1.62 bits per heavy atom. The number of anilines is 1. The Morgan fingerprint density at radius 3 is 2.69 bits per heavy atom. The maximum Gasteiger partial charge on any atom is 0.266 e. The molecule has 1 heterocycles. The van der Waals surface area contributed by atoms with Crippen LogP contribution in [-0.2, 0) is 0 Å². The number of nitriles is 1. The summed E-state index contributed by atoms with van der Waals surface area (Å²) in [6, 6.07) is 2.81. The van der Waals surface area contributed by atoms with Crippen LogP contribution in [0, 0.1) is 18.3 Å². The van der Waals surface area contributed by atoms with Gasteiger partial charge in [0, 0.05) is 5.69 Å². The zero-order chi connectivity index (χ0) is 10.0. The summed E-state index contributed by atoms with van der Waals surface area (Å²) in [7, 11) is 0. The van der Waals surface area contributed by atoms with Gasteiger partial charge in [0.1, 0.15) is 5.82 Å². The van der Waals surface area contributed by atoms with Gasteiger partial charge < -0.3 is 5.73 Å². The van der Waals surface area contributed by atoms with Crippen LogP contribution in [0.1, 0.15) is 23.2 Å². The summed E-state index contributed by atoms with van der Waals surface area (Å²) in [6.45, 7) is 1.40. The quantitative estimate of drug-likeness (QED) is 0.721. The average molecular weight is 183 g/mol. The summed E-state index contributed by atoms with van der Waals surface area (Å²) < 4.78 is 24.8. The number of pyridine rings is 1. The summed E-state index contributed by atoms with van der Waals surface area (Å²) in [4.78, 5) is 3.65. The SMILES string of the molecule is Cc1nc(N)cc(C#N)c1C(F)F. The molecule has 0 aromatic carbocycles. The van der Waals surface area contributed by atoms with E-state index in [-0.39, 0.29) is 22.6 Å². The first-order valence-corrected chi connectivity index (χ1v) is 3.51. The van der Waals surface area contributed by atoms with E-state index >= 15 is 0 Å². The van der Waals surface area contributed by atoms with Gasteiger partial charge in [-0.3, -0.25) is 0 Å². The lowest BCUT2D eigenvalue weighted by Gasteiger charge is -2.06. The van der Waals surface area contributed by atoms with E-state index in [2.05, 4.69) is 4.98 Å². The monoisotopic (exact) mass is 183 g/mol. The molecule has 0 bridgehead atoms. The molecule has 0 saturated carbocycles. The Labute approximate surface area is 73.8 Å². The van der Waals surface area contributed by atoms with Crippen molar-refractivity contribution in [3.8, 4) is 6.07 Å². The fourth-order valence-electron chi connectivity index (χ4n) is 1.07. The van der Waals surface area contributed by atoms with E-state index in [4.69, 9.17) is 11.0 Å². The molecule has 1 aromatic rings. The van der Waals surface area contributed by atoms with E-state index < -0.39 is 6.43 Å². The number of rotatable bonds is 1. The van der Waals surface area contributed by atoms with E-state index in [0.717, 1.165) is 6.07 Å². The molecular formula is C8H7F2N3. The minimum atomic E-state index is -2.69. The Bertz CT molecular complexity index is 368. The third-order valence-corrected chi connectivity index (χ3v) is 1.61. The molecule has 0 saturated heterocycles. The summed E-state index contributed by atoms with van der Waals surface area (Å²) in [5.41, 5.74) is 4.95. The molecule has 0 atom stereocenters. The number of alkyl halides is 2. The van der Waals surface area contributed by atoms with E-state index in [9.17, 15) is 8.78 Å². The van der Waals surface area contributed by atoms with Crippen molar-refractivity contribution in [2.45, 2.75) is 13.3 Å². The minimum absolute atomic E-state index is 0.0819. The molecule has 0 aliphatic rings. The normalized spacial score (nSPS) is 10.1. The molecule has 0 aliphatic heterocycles. The van der Waals surface area contributed by atoms with Crippen LogP contribution in [0.4, 0.5) is 14.6 Å². The topological polar surface area (TPSA) is 62.7 Å². The van der Waals surface area contributed by atoms with Crippen molar-refractivity contribution in [2.24, 2.45) is 0 Å². The largest absolute Gasteiger partial charge is 0.384 e. The molecule has 1 rings (SSSR count). The molecule has 3 nitrogen and oxygen atoms in total. The van der Waals surface area contributed by atoms with Gasteiger partial charge in [0.25, 0.3) is 6.43 Å². The predicted molar refractivity (Wildman–Crippen MR) is 43.1 cm³/mol. The molecule has 1 aromatic heterocycles. The lowest BCUT2D eigenvalue weighted by atomic mass is 10.1. The van der Waals surface area contributed by atoms with Crippen LogP contribution in [0.2, 0.25) is 0 Å². The lowest BCUT2D eigenvalue weighted by molar-refractivity contribution is 0.150. The third kappa shape index (κ3) is 1.72. The van der Waals surface area contributed by atoms with Crippen molar-refractivity contribution < 1.29 is 8.78 Å². The molecule has 0 amide bonds. The summed E-state index contributed by atoms with van der Waals surface area (Å²) >= 11 is 0. The second kappa shape index (κ2) is 3.35. The molecule has 13 heavy (non-hydrogen) atoms. The van der Waals surface area contributed by atoms with E-state index in [0.29, 0.717) is 0 Å². The van der Waals surface area contributed by atoms with Gasteiger partial charge in [-0.05, 0) is 13.0 Å². The predicted octanol–water partition coefficient (Wildman–Crippen LogP) is 1.78. The van der Waals surface area contributed by atoms with Gasteiger partial charge in [0.05, 0.1) is 17.2 Å². The van der Waals surface area contributed by atoms with Crippen LogP contribution in [0.15, 0.2) is 6.07 Å². The van der Waals surface area contributed by atoms with Gasteiger partial charge in [-0.15, -0.1) is 0 Å².